The SMILES string of the molecule is CC1Oc2ccccc2N(CCC(C)(C)CN)C1=O. The summed E-state index contributed by atoms with van der Waals surface area (Å²) in [7, 11) is 0. The first-order chi connectivity index (χ1) is 8.94. The van der Waals surface area contributed by atoms with Crippen molar-refractivity contribution in [2.24, 2.45) is 11.1 Å². The number of para-hydroxylation sites is 2. The highest BCUT2D eigenvalue weighted by Gasteiger charge is 2.32. The molecule has 19 heavy (non-hydrogen) atoms. The average molecular weight is 262 g/mol. The molecular formula is C15H22N2O2. The van der Waals surface area contributed by atoms with Gasteiger partial charge in [-0.3, -0.25) is 4.79 Å². The first-order valence-corrected chi connectivity index (χ1v) is 6.72. The highest BCUT2D eigenvalue weighted by molar-refractivity contribution is 5.99. The zero-order valence-electron chi connectivity index (χ0n) is 11.8. The summed E-state index contributed by atoms with van der Waals surface area (Å²) < 4.78 is 5.62. The third-order valence-electron chi connectivity index (χ3n) is 3.64. The van der Waals surface area contributed by atoms with Gasteiger partial charge in [-0.1, -0.05) is 26.0 Å². The van der Waals surface area contributed by atoms with Gasteiger partial charge in [-0.2, -0.15) is 0 Å². The van der Waals surface area contributed by atoms with Gasteiger partial charge in [0.05, 0.1) is 5.69 Å². The molecule has 4 nitrogen and oxygen atoms in total. The standard InChI is InChI=1S/C15H22N2O2/c1-11-14(18)17(9-8-15(2,3)10-16)12-6-4-5-7-13(12)19-11/h4-7,11H,8-10,16H2,1-3H3. The summed E-state index contributed by atoms with van der Waals surface area (Å²) in [5.41, 5.74) is 6.65. The van der Waals surface area contributed by atoms with Crippen LogP contribution < -0.4 is 15.4 Å². The minimum Gasteiger partial charge on any atom is -0.479 e. The van der Waals surface area contributed by atoms with E-state index in [2.05, 4.69) is 13.8 Å². The van der Waals surface area contributed by atoms with Crippen molar-refractivity contribution in [3.05, 3.63) is 24.3 Å². The molecule has 1 amide bonds. The second-order valence-electron chi connectivity index (χ2n) is 5.84. The van der Waals surface area contributed by atoms with Crippen molar-refractivity contribution in [2.75, 3.05) is 18.0 Å². The number of nitrogens with zero attached hydrogens (tertiary/aromatic N) is 1. The summed E-state index contributed by atoms with van der Waals surface area (Å²) in [6, 6.07) is 7.67. The van der Waals surface area contributed by atoms with Crippen LogP contribution in [0.1, 0.15) is 27.2 Å². The average Bonchev–Trinajstić information content (AvgIpc) is 2.39. The van der Waals surface area contributed by atoms with E-state index in [9.17, 15) is 4.79 Å². The molecule has 2 N–H and O–H groups in total. The zero-order chi connectivity index (χ0) is 14.0. The lowest BCUT2D eigenvalue weighted by Crippen LogP contribution is -2.46. The first kappa shape index (κ1) is 13.9. The van der Waals surface area contributed by atoms with Crippen molar-refractivity contribution < 1.29 is 9.53 Å². The van der Waals surface area contributed by atoms with Crippen molar-refractivity contribution >= 4 is 11.6 Å². The van der Waals surface area contributed by atoms with E-state index in [0.717, 1.165) is 17.9 Å². The molecule has 0 saturated heterocycles. The molecule has 0 aliphatic carbocycles. The van der Waals surface area contributed by atoms with Crippen molar-refractivity contribution in [3.8, 4) is 5.75 Å². The van der Waals surface area contributed by atoms with Crippen LogP contribution in [0.3, 0.4) is 0 Å². The third-order valence-corrected chi connectivity index (χ3v) is 3.64. The molecule has 1 aromatic carbocycles. The van der Waals surface area contributed by atoms with Gasteiger partial charge in [0.25, 0.3) is 5.91 Å². The molecule has 1 aliphatic rings. The van der Waals surface area contributed by atoms with Gasteiger partial charge in [-0.05, 0) is 37.4 Å². The molecule has 1 heterocycles. The smallest absolute Gasteiger partial charge is 0.267 e. The zero-order valence-corrected chi connectivity index (χ0v) is 11.8. The lowest BCUT2D eigenvalue weighted by atomic mass is 9.89. The number of nitrogens with two attached hydrogens (primary N) is 1. The monoisotopic (exact) mass is 262 g/mol. The lowest BCUT2D eigenvalue weighted by Gasteiger charge is -2.35. The minimum atomic E-state index is -0.420. The van der Waals surface area contributed by atoms with Crippen LogP contribution in [-0.2, 0) is 4.79 Å². The molecule has 0 aromatic heterocycles. The topological polar surface area (TPSA) is 55.6 Å². The number of anilines is 1. The minimum absolute atomic E-state index is 0.0199. The van der Waals surface area contributed by atoms with E-state index in [1.807, 2.05) is 29.2 Å². The summed E-state index contributed by atoms with van der Waals surface area (Å²) in [5.74, 6) is 0.798. The maximum atomic E-state index is 12.3. The van der Waals surface area contributed by atoms with Gasteiger partial charge >= 0.3 is 0 Å². The van der Waals surface area contributed by atoms with Gasteiger partial charge in [0.1, 0.15) is 5.75 Å². The van der Waals surface area contributed by atoms with Crippen molar-refractivity contribution in [1.29, 1.82) is 0 Å². The van der Waals surface area contributed by atoms with Crippen LogP contribution in [0.15, 0.2) is 24.3 Å². The number of ether oxygens (including phenoxy) is 1. The number of carbonyl (C=O) groups excluding carboxylic acids is 1. The summed E-state index contributed by atoms with van der Waals surface area (Å²) >= 11 is 0. The van der Waals surface area contributed by atoms with Gasteiger partial charge in [-0.25, -0.2) is 0 Å². The molecule has 1 unspecified atom stereocenters. The van der Waals surface area contributed by atoms with Crippen LogP contribution in [-0.4, -0.2) is 25.1 Å². The van der Waals surface area contributed by atoms with Gasteiger partial charge < -0.3 is 15.4 Å². The van der Waals surface area contributed by atoms with Gasteiger partial charge in [0.2, 0.25) is 0 Å². The summed E-state index contributed by atoms with van der Waals surface area (Å²) in [6.07, 6.45) is 0.451. The molecule has 1 aromatic rings. The fourth-order valence-corrected chi connectivity index (χ4v) is 2.11. The Morgan fingerprint density at radius 1 is 1.37 bits per heavy atom. The Bertz CT molecular complexity index is 471. The maximum Gasteiger partial charge on any atom is 0.267 e. The van der Waals surface area contributed by atoms with E-state index in [1.165, 1.54) is 0 Å². The maximum absolute atomic E-state index is 12.3. The van der Waals surface area contributed by atoms with Crippen LogP contribution in [0.25, 0.3) is 0 Å². The molecule has 0 radical (unpaired) electrons. The number of amides is 1. The van der Waals surface area contributed by atoms with Crippen LogP contribution >= 0.6 is 0 Å². The molecule has 0 bridgehead atoms. The summed E-state index contributed by atoms with van der Waals surface area (Å²) in [4.78, 5) is 14.1. The Labute approximate surface area is 114 Å². The van der Waals surface area contributed by atoms with Crippen LogP contribution in [0.4, 0.5) is 5.69 Å². The quantitative estimate of drug-likeness (QED) is 0.904. The molecular weight excluding hydrogens is 240 g/mol. The summed E-state index contributed by atoms with van der Waals surface area (Å²) in [6.45, 7) is 7.32. The van der Waals surface area contributed by atoms with E-state index in [0.29, 0.717) is 13.1 Å². The van der Waals surface area contributed by atoms with E-state index < -0.39 is 6.10 Å². The molecule has 0 spiro atoms. The third kappa shape index (κ3) is 2.89. The molecule has 2 rings (SSSR count). The van der Waals surface area contributed by atoms with Crippen LogP contribution in [0.5, 0.6) is 5.75 Å². The number of benzene rings is 1. The number of hydrogen-bond acceptors (Lipinski definition) is 3. The second-order valence-corrected chi connectivity index (χ2v) is 5.84. The number of rotatable bonds is 4. The number of hydrogen-bond donors (Lipinski definition) is 1. The van der Waals surface area contributed by atoms with Gasteiger partial charge in [0.15, 0.2) is 6.10 Å². The highest BCUT2D eigenvalue weighted by atomic mass is 16.5. The normalized spacial score (nSPS) is 19.1. The molecule has 1 aliphatic heterocycles. The highest BCUT2D eigenvalue weighted by Crippen LogP contribution is 2.34. The predicted octanol–water partition coefficient (Wildman–Crippen LogP) is 2.18. The van der Waals surface area contributed by atoms with E-state index >= 15 is 0 Å². The van der Waals surface area contributed by atoms with E-state index in [1.54, 1.807) is 6.92 Å². The Morgan fingerprint density at radius 2 is 2.05 bits per heavy atom. The predicted molar refractivity (Wildman–Crippen MR) is 76.3 cm³/mol. The fourth-order valence-electron chi connectivity index (χ4n) is 2.11. The van der Waals surface area contributed by atoms with Crippen LogP contribution in [0.2, 0.25) is 0 Å². The van der Waals surface area contributed by atoms with Crippen molar-refractivity contribution in [3.63, 3.8) is 0 Å². The largest absolute Gasteiger partial charge is 0.479 e. The molecule has 1 atom stereocenters. The Morgan fingerprint density at radius 3 is 2.74 bits per heavy atom. The Kier molecular flexibility index (Phi) is 3.80. The second kappa shape index (κ2) is 5.21. The summed E-state index contributed by atoms with van der Waals surface area (Å²) in [5, 5.41) is 0. The molecule has 104 valence electrons. The molecule has 0 saturated carbocycles. The number of carbonyl (C=O) groups is 1. The van der Waals surface area contributed by atoms with Gasteiger partial charge in [-0.15, -0.1) is 0 Å². The Hall–Kier alpha value is -1.55. The molecule has 0 fully saturated rings. The fraction of sp³-hybridized carbons (Fsp3) is 0.533. The molecule has 4 heteroatoms. The Balaban J connectivity index is 2.21. The van der Waals surface area contributed by atoms with Crippen molar-refractivity contribution in [1.82, 2.24) is 0 Å². The van der Waals surface area contributed by atoms with E-state index in [-0.39, 0.29) is 11.3 Å². The van der Waals surface area contributed by atoms with Crippen molar-refractivity contribution in [2.45, 2.75) is 33.3 Å². The van der Waals surface area contributed by atoms with Crippen LogP contribution in [0, 0.1) is 5.41 Å². The first-order valence-electron chi connectivity index (χ1n) is 6.72. The lowest BCUT2D eigenvalue weighted by molar-refractivity contribution is -0.125. The van der Waals surface area contributed by atoms with E-state index in [4.69, 9.17) is 10.5 Å². The number of fused-ring (bicyclic) bond motifs is 1. The van der Waals surface area contributed by atoms with Gasteiger partial charge in [0, 0.05) is 6.54 Å².